The van der Waals surface area contributed by atoms with Gasteiger partial charge >= 0.3 is 0 Å². The maximum absolute atomic E-state index is 12.7. The van der Waals surface area contributed by atoms with E-state index in [2.05, 4.69) is 5.32 Å². The summed E-state index contributed by atoms with van der Waals surface area (Å²) in [5, 5.41) is 3.07. The molecule has 0 saturated heterocycles. The number of nitrogens with one attached hydrogen (secondary N) is 1. The highest BCUT2D eigenvalue weighted by Gasteiger charge is 2.31. The van der Waals surface area contributed by atoms with Gasteiger partial charge in [0, 0.05) is 17.1 Å². The van der Waals surface area contributed by atoms with Crippen LogP contribution in [0.2, 0.25) is 5.02 Å². The van der Waals surface area contributed by atoms with Gasteiger partial charge in [0.2, 0.25) is 15.9 Å². The number of halogens is 1. The first-order valence-corrected chi connectivity index (χ1v) is 10.6. The van der Waals surface area contributed by atoms with Gasteiger partial charge in [-0.05, 0) is 31.2 Å². The van der Waals surface area contributed by atoms with Gasteiger partial charge in [0.15, 0.2) is 0 Å². The van der Waals surface area contributed by atoms with E-state index < -0.39 is 22.0 Å². The largest absolute Gasteiger partial charge is 0.496 e. The van der Waals surface area contributed by atoms with Gasteiger partial charge in [-0.2, -0.15) is 0 Å². The number of hydrogen-bond donors (Lipinski definition) is 1. The Labute approximate surface area is 170 Å². The van der Waals surface area contributed by atoms with E-state index in [0.717, 1.165) is 16.1 Å². The van der Waals surface area contributed by atoms with Crippen LogP contribution in [0, 0.1) is 0 Å². The third-order valence-electron chi connectivity index (χ3n) is 4.11. The fraction of sp³-hybridized carbons (Fsp3) is 0.316. The first-order chi connectivity index (χ1) is 13.2. The lowest BCUT2D eigenvalue weighted by atomic mass is 10.2. The zero-order chi connectivity index (χ0) is 20.9. The summed E-state index contributed by atoms with van der Waals surface area (Å²) >= 11 is 6.04. The van der Waals surface area contributed by atoms with Gasteiger partial charge in [-0.3, -0.25) is 9.10 Å². The summed E-state index contributed by atoms with van der Waals surface area (Å²) in [4.78, 5) is 12.7. The molecule has 0 unspecified atom stereocenters. The van der Waals surface area contributed by atoms with Crippen molar-refractivity contribution < 1.29 is 22.7 Å². The molecule has 7 nitrogen and oxygen atoms in total. The summed E-state index contributed by atoms with van der Waals surface area (Å²) in [7, 11) is -0.840. The third-order valence-corrected chi connectivity index (χ3v) is 5.58. The Hall–Kier alpha value is -2.45. The molecule has 1 amide bonds. The number of ether oxygens (including phenoxy) is 2. The number of benzene rings is 2. The molecule has 9 heteroatoms. The lowest BCUT2D eigenvalue weighted by Gasteiger charge is -2.29. The van der Waals surface area contributed by atoms with Crippen LogP contribution in [0.15, 0.2) is 42.5 Å². The molecule has 0 heterocycles. The number of hydrogen-bond acceptors (Lipinski definition) is 5. The second-order valence-corrected chi connectivity index (χ2v) is 8.38. The summed E-state index contributed by atoms with van der Waals surface area (Å²) in [6, 6.07) is 10.8. The molecule has 0 aliphatic heterocycles. The Bertz CT molecular complexity index is 949. The molecular weight excluding hydrogens is 404 g/mol. The minimum absolute atomic E-state index is 0.192. The van der Waals surface area contributed by atoms with Gasteiger partial charge in [0.1, 0.15) is 17.5 Å². The fourth-order valence-corrected chi connectivity index (χ4v) is 4.13. The number of methoxy groups -OCH3 is 2. The lowest BCUT2D eigenvalue weighted by molar-refractivity contribution is -0.122. The van der Waals surface area contributed by atoms with Gasteiger partial charge < -0.3 is 14.8 Å². The molecule has 28 heavy (non-hydrogen) atoms. The highest BCUT2D eigenvalue weighted by atomic mass is 35.5. The summed E-state index contributed by atoms with van der Waals surface area (Å²) in [6.45, 7) is 1.69. The second-order valence-electron chi connectivity index (χ2n) is 6.08. The van der Waals surface area contributed by atoms with Crippen LogP contribution in [0.5, 0.6) is 11.5 Å². The summed E-state index contributed by atoms with van der Waals surface area (Å²) < 4.78 is 36.4. The second kappa shape index (κ2) is 9.16. The number of rotatable bonds is 8. The zero-order valence-corrected chi connectivity index (χ0v) is 17.7. The monoisotopic (exact) mass is 426 g/mol. The number of sulfonamides is 1. The molecule has 0 saturated carbocycles. The smallest absolute Gasteiger partial charge is 0.243 e. The molecule has 2 aromatic carbocycles. The van der Waals surface area contributed by atoms with Crippen molar-refractivity contribution in [3.63, 3.8) is 0 Å². The number of para-hydroxylation sites is 1. The maximum Gasteiger partial charge on any atom is 0.243 e. The van der Waals surface area contributed by atoms with Crippen LogP contribution in [-0.4, -0.2) is 40.8 Å². The number of amides is 1. The number of carbonyl (C=O) groups is 1. The molecule has 2 aromatic rings. The first kappa shape index (κ1) is 21.8. The van der Waals surface area contributed by atoms with E-state index in [1.165, 1.54) is 20.1 Å². The van der Waals surface area contributed by atoms with Crippen molar-refractivity contribution in [1.29, 1.82) is 0 Å². The molecule has 0 aromatic heterocycles. The lowest BCUT2D eigenvalue weighted by Crippen LogP contribution is -2.47. The van der Waals surface area contributed by atoms with E-state index in [9.17, 15) is 13.2 Å². The maximum atomic E-state index is 12.7. The van der Waals surface area contributed by atoms with Gasteiger partial charge in [-0.1, -0.05) is 29.8 Å². The Balaban J connectivity index is 2.30. The van der Waals surface area contributed by atoms with Crippen molar-refractivity contribution in [2.45, 2.75) is 19.5 Å². The zero-order valence-electron chi connectivity index (χ0n) is 16.1. The van der Waals surface area contributed by atoms with Crippen LogP contribution in [0.3, 0.4) is 0 Å². The van der Waals surface area contributed by atoms with Crippen molar-refractivity contribution >= 4 is 33.2 Å². The van der Waals surface area contributed by atoms with E-state index in [-0.39, 0.29) is 12.2 Å². The van der Waals surface area contributed by atoms with Crippen LogP contribution >= 0.6 is 11.6 Å². The SMILES string of the molecule is COc1ccccc1CNC(=O)[C@H](C)N(c1cc(Cl)ccc1OC)S(C)(=O)=O. The minimum atomic E-state index is -3.80. The molecular formula is C19H23ClN2O5S. The fourth-order valence-electron chi connectivity index (χ4n) is 2.80. The quantitative estimate of drug-likeness (QED) is 0.701. The molecule has 1 N–H and O–H groups in total. The average Bonchev–Trinajstić information content (AvgIpc) is 2.65. The summed E-state index contributed by atoms with van der Waals surface area (Å²) in [6.07, 6.45) is 1.03. The number of carbonyl (C=O) groups excluding carboxylic acids is 1. The Morgan fingerprint density at radius 1 is 1.14 bits per heavy atom. The van der Waals surface area contributed by atoms with E-state index in [0.29, 0.717) is 16.5 Å². The first-order valence-electron chi connectivity index (χ1n) is 8.41. The Kier molecular flexibility index (Phi) is 7.15. The summed E-state index contributed by atoms with van der Waals surface area (Å²) in [5.74, 6) is 0.449. The third kappa shape index (κ3) is 5.08. The Morgan fingerprint density at radius 3 is 2.39 bits per heavy atom. The van der Waals surface area contributed by atoms with E-state index >= 15 is 0 Å². The normalized spacial score (nSPS) is 12.2. The molecule has 0 aliphatic carbocycles. The minimum Gasteiger partial charge on any atom is -0.496 e. The molecule has 2 rings (SSSR count). The molecule has 1 atom stereocenters. The van der Waals surface area contributed by atoms with Crippen LogP contribution in [0.1, 0.15) is 12.5 Å². The standard InChI is InChI=1S/C19H23ClN2O5S/c1-13(19(23)21-12-14-7-5-6-8-17(14)26-2)22(28(4,24)25)16-11-15(20)9-10-18(16)27-3/h5-11,13H,12H2,1-4H3,(H,21,23)/t13-/m0/s1. The highest BCUT2D eigenvalue weighted by Crippen LogP contribution is 2.34. The van der Waals surface area contributed by atoms with E-state index in [1.54, 1.807) is 25.3 Å². The van der Waals surface area contributed by atoms with Crippen LogP contribution in [-0.2, 0) is 21.4 Å². The Morgan fingerprint density at radius 2 is 1.79 bits per heavy atom. The predicted molar refractivity (Wildman–Crippen MR) is 110 cm³/mol. The molecule has 0 spiro atoms. The van der Waals surface area contributed by atoms with Crippen molar-refractivity contribution in [2.24, 2.45) is 0 Å². The van der Waals surface area contributed by atoms with Crippen molar-refractivity contribution in [1.82, 2.24) is 5.32 Å². The molecule has 0 bridgehead atoms. The van der Waals surface area contributed by atoms with E-state index in [4.69, 9.17) is 21.1 Å². The van der Waals surface area contributed by atoms with Gasteiger partial charge in [-0.25, -0.2) is 8.42 Å². The van der Waals surface area contributed by atoms with Gasteiger partial charge in [0.25, 0.3) is 0 Å². The molecule has 0 fully saturated rings. The molecule has 0 radical (unpaired) electrons. The van der Waals surface area contributed by atoms with Crippen molar-refractivity contribution in [3.8, 4) is 11.5 Å². The number of nitrogens with zero attached hydrogens (tertiary/aromatic N) is 1. The van der Waals surface area contributed by atoms with Gasteiger partial charge in [-0.15, -0.1) is 0 Å². The van der Waals surface area contributed by atoms with Crippen LogP contribution in [0.4, 0.5) is 5.69 Å². The van der Waals surface area contributed by atoms with Crippen molar-refractivity contribution in [3.05, 3.63) is 53.1 Å². The highest BCUT2D eigenvalue weighted by molar-refractivity contribution is 7.92. The van der Waals surface area contributed by atoms with Gasteiger partial charge in [0.05, 0.1) is 26.2 Å². The average molecular weight is 427 g/mol. The van der Waals surface area contributed by atoms with Crippen molar-refractivity contribution in [2.75, 3.05) is 24.8 Å². The molecule has 0 aliphatic rings. The topological polar surface area (TPSA) is 84.9 Å². The summed E-state index contributed by atoms with van der Waals surface area (Å²) in [5.41, 5.74) is 0.967. The predicted octanol–water partition coefficient (Wildman–Crippen LogP) is 2.83. The van der Waals surface area contributed by atoms with Crippen LogP contribution < -0.4 is 19.1 Å². The number of anilines is 1. The van der Waals surface area contributed by atoms with E-state index in [1.807, 2.05) is 18.2 Å². The molecule has 152 valence electrons. The van der Waals surface area contributed by atoms with Crippen LogP contribution in [0.25, 0.3) is 0 Å².